The van der Waals surface area contributed by atoms with Crippen LogP contribution >= 0.6 is 0 Å². The molecule has 5 heteroatoms. The molecule has 1 fully saturated rings. The van der Waals surface area contributed by atoms with Crippen LogP contribution in [0.2, 0.25) is 0 Å². The van der Waals surface area contributed by atoms with E-state index in [1.54, 1.807) is 18.2 Å². The average Bonchev–Trinajstić information content (AvgIpc) is 2.29. The third-order valence-electron chi connectivity index (χ3n) is 3.66. The summed E-state index contributed by atoms with van der Waals surface area (Å²) in [5.74, 6) is -1.62. The van der Waals surface area contributed by atoms with Crippen molar-refractivity contribution in [2.45, 2.75) is 31.1 Å². The molecule has 0 saturated heterocycles. The first kappa shape index (κ1) is 13.5. The normalized spacial score (nSPS) is 16.5. The Hall–Kier alpha value is -1.91. The minimum atomic E-state index is -0.964. The Morgan fingerprint density at radius 1 is 1.32 bits per heavy atom. The van der Waals surface area contributed by atoms with Crippen LogP contribution in [0, 0.1) is 5.82 Å². The zero-order valence-corrected chi connectivity index (χ0v) is 10.5. The molecule has 2 N–H and O–H groups in total. The molecule has 4 nitrogen and oxygen atoms in total. The lowest BCUT2D eigenvalue weighted by atomic mass is 9.63. The van der Waals surface area contributed by atoms with Gasteiger partial charge in [-0.05, 0) is 18.9 Å². The fourth-order valence-corrected chi connectivity index (χ4v) is 2.45. The number of hydrogen-bond acceptors (Lipinski definition) is 2. The maximum absolute atomic E-state index is 13.8. The van der Waals surface area contributed by atoms with E-state index in [0.29, 0.717) is 18.4 Å². The van der Waals surface area contributed by atoms with Gasteiger partial charge in [-0.2, -0.15) is 0 Å². The molecule has 0 atom stereocenters. The van der Waals surface area contributed by atoms with Crippen molar-refractivity contribution >= 4 is 11.9 Å². The summed E-state index contributed by atoms with van der Waals surface area (Å²) in [5, 5.41) is 11.1. The number of carboxylic acid groups (broad SMARTS) is 1. The number of nitrogens with one attached hydrogen (secondary N) is 1. The second-order valence-corrected chi connectivity index (χ2v) is 4.82. The van der Waals surface area contributed by atoms with Crippen molar-refractivity contribution in [2.24, 2.45) is 0 Å². The van der Waals surface area contributed by atoms with Crippen LogP contribution in [0.3, 0.4) is 0 Å². The Morgan fingerprint density at radius 3 is 2.53 bits per heavy atom. The zero-order valence-electron chi connectivity index (χ0n) is 10.5. The molecule has 1 aromatic carbocycles. The molecule has 0 heterocycles. The predicted octanol–water partition coefficient (Wildman–Crippen LogP) is 1.84. The summed E-state index contributed by atoms with van der Waals surface area (Å²) >= 11 is 0. The number of carbonyl (C=O) groups excluding carboxylic acids is 1. The maximum Gasteiger partial charge on any atom is 0.305 e. The van der Waals surface area contributed by atoms with Gasteiger partial charge in [-0.1, -0.05) is 24.6 Å². The van der Waals surface area contributed by atoms with Gasteiger partial charge in [-0.25, -0.2) is 4.39 Å². The Balaban J connectivity index is 2.12. The molecule has 1 aliphatic rings. The van der Waals surface area contributed by atoms with Crippen LogP contribution in [-0.2, 0) is 15.0 Å². The molecule has 19 heavy (non-hydrogen) atoms. The van der Waals surface area contributed by atoms with Crippen LogP contribution in [-0.4, -0.2) is 23.5 Å². The quantitative estimate of drug-likeness (QED) is 0.853. The first-order chi connectivity index (χ1) is 9.06. The summed E-state index contributed by atoms with van der Waals surface area (Å²) in [4.78, 5) is 22.6. The van der Waals surface area contributed by atoms with Crippen LogP contribution in [0.15, 0.2) is 24.3 Å². The summed E-state index contributed by atoms with van der Waals surface area (Å²) in [7, 11) is 0. The van der Waals surface area contributed by atoms with Crippen molar-refractivity contribution in [1.82, 2.24) is 5.32 Å². The number of benzene rings is 1. The van der Waals surface area contributed by atoms with Gasteiger partial charge in [0, 0.05) is 12.1 Å². The number of carbonyl (C=O) groups is 2. The largest absolute Gasteiger partial charge is 0.481 e. The van der Waals surface area contributed by atoms with Gasteiger partial charge in [-0.3, -0.25) is 9.59 Å². The summed E-state index contributed by atoms with van der Waals surface area (Å²) < 4.78 is 13.8. The van der Waals surface area contributed by atoms with E-state index in [4.69, 9.17) is 5.11 Å². The number of aliphatic carboxylic acids is 1. The maximum atomic E-state index is 13.8. The van der Waals surface area contributed by atoms with Gasteiger partial charge >= 0.3 is 5.97 Å². The molecule has 1 amide bonds. The summed E-state index contributed by atoms with van der Waals surface area (Å²) in [6.45, 7) is 0.0738. The lowest BCUT2D eigenvalue weighted by molar-refractivity contribution is -0.137. The first-order valence-electron chi connectivity index (χ1n) is 6.31. The highest BCUT2D eigenvalue weighted by Gasteiger charge is 2.46. The molecule has 0 radical (unpaired) electrons. The van der Waals surface area contributed by atoms with E-state index in [0.717, 1.165) is 6.42 Å². The Kier molecular flexibility index (Phi) is 3.83. The van der Waals surface area contributed by atoms with Gasteiger partial charge in [-0.15, -0.1) is 0 Å². The van der Waals surface area contributed by atoms with Crippen LogP contribution < -0.4 is 5.32 Å². The van der Waals surface area contributed by atoms with Crippen molar-refractivity contribution in [3.05, 3.63) is 35.6 Å². The van der Waals surface area contributed by atoms with Gasteiger partial charge in [0.15, 0.2) is 0 Å². The average molecular weight is 265 g/mol. The van der Waals surface area contributed by atoms with E-state index in [2.05, 4.69) is 5.32 Å². The second kappa shape index (κ2) is 5.38. The highest BCUT2D eigenvalue weighted by molar-refractivity contribution is 5.89. The Labute approximate surface area is 110 Å². The highest BCUT2D eigenvalue weighted by atomic mass is 19.1. The third-order valence-corrected chi connectivity index (χ3v) is 3.66. The lowest BCUT2D eigenvalue weighted by Gasteiger charge is -2.40. The van der Waals surface area contributed by atoms with Crippen molar-refractivity contribution < 1.29 is 19.1 Å². The van der Waals surface area contributed by atoms with Crippen LogP contribution in [0.5, 0.6) is 0 Å². The molecule has 0 bridgehead atoms. The molecule has 102 valence electrons. The summed E-state index contributed by atoms with van der Waals surface area (Å²) in [5.41, 5.74) is -0.404. The van der Waals surface area contributed by atoms with Gasteiger partial charge in [0.2, 0.25) is 5.91 Å². The lowest BCUT2D eigenvalue weighted by Crippen LogP contribution is -2.50. The SMILES string of the molecule is O=C(O)CCNC(=O)C1(c2ccccc2F)CCC1. The van der Waals surface area contributed by atoms with E-state index in [1.807, 2.05) is 0 Å². The molecule has 0 aromatic heterocycles. The summed E-state index contributed by atoms with van der Waals surface area (Å²) in [6, 6.07) is 6.28. The second-order valence-electron chi connectivity index (χ2n) is 4.82. The fourth-order valence-electron chi connectivity index (χ4n) is 2.45. The molecule has 1 aromatic rings. The van der Waals surface area contributed by atoms with Crippen molar-refractivity contribution in [3.8, 4) is 0 Å². The number of amides is 1. The van der Waals surface area contributed by atoms with Gasteiger partial charge < -0.3 is 10.4 Å². The molecule has 1 aliphatic carbocycles. The summed E-state index contributed by atoms with van der Waals surface area (Å²) in [6.07, 6.45) is 1.96. The molecule has 1 saturated carbocycles. The van der Waals surface area contributed by atoms with Crippen LogP contribution in [0.1, 0.15) is 31.2 Å². The number of carboxylic acids is 1. The van der Waals surface area contributed by atoms with E-state index >= 15 is 0 Å². The monoisotopic (exact) mass is 265 g/mol. The predicted molar refractivity (Wildman–Crippen MR) is 67.2 cm³/mol. The number of rotatable bonds is 5. The number of hydrogen-bond donors (Lipinski definition) is 2. The highest BCUT2D eigenvalue weighted by Crippen LogP contribution is 2.44. The minimum Gasteiger partial charge on any atom is -0.481 e. The molecule has 0 unspecified atom stereocenters. The molecule has 2 rings (SSSR count). The van der Waals surface area contributed by atoms with Crippen molar-refractivity contribution in [1.29, 1.82) is 0 Å². The van der Waals surface area contributed by atoms with Gasteiger partial charge in [0.25, 0.3) is 0 Å². The fraction of sp³-hybridized carbons (Fsp3) is 0.429. The molecule has 0 spiro atoms. The third kappa shape index (κ3) is 2.59. The smallest absolute Gasteiger partial charge is 0.305 e. The first-order valence-corrected chi connectivity index (χ1v) is 6.31. The van der Waals surface area contributed by atoms with E-state index < -0.39 is 11.4 Å². The van der Waals surface area contributed by atoms with E-state index in [1.165, 1.54) is 6.07 Å². The van der Waals surface area contributed by atoms with Gasteiger partial charge in [0.05, 0.1) is 11.8 Å². The Morgan fingerprint density at radius 2 is 2.00 bits per heavy atom. The minimum absolute atomic E-state index is 0.0738. The van der Waals surface area contributed by atoms with Crippen LogP contribution in [0.25, 0.3) is 0 Å². The molecule has 0 aliphatic heterocycles. The molecular weight excluding hydrogens is 249 g/mol. The standard InChI is InChI=1S/C14H16FNO3/c15-11-5-2-1-4-10(11)14(7-3-8-14)13(19)16-9-6-12(17)18/h1-2,4-5H,3,6-9H2,(H,16,19)(H,17,18). The number of halogens is 1. The van der Waals surface area contributed by atoms with Gasteiger partial charge in [0.1, 0.15) is 5.82 Å². The van der Waals surface area contributed by atoms with E-state index in [-0.39, 0.29) is 24.7 Å². The van der Waals surface area contributed by atoms with Crippen molar-refractivity contribution in [2.75, 3.05) is 6.54 Å². The zero-order chi connectivity index (χ0) is 13.9. The topological polar surface area (TPSA) is 66.4 Å². The molecular formula is C14H16FNO3. The van der Waals surface area contributed by atoms with Crippen molar-refractivity contribution in [3.63, 3.8) is 0 Å². The Bertz CT molecular complexity index is 497. The van der Waals surface area contributed by atoms with Crippen LogP contribution in [0.4, 0.5) is 4.39 Å². The van der Waals surface area contributed by atoms with E-state index in [9.17, 15) is 14.0 Å².